The Morgan fingerprint density at radius 3 is 2.79 bits per heavy atom. The molecule has 2 aromatic heterocycles. The maximum Gasteiger partial charge on any atom is 0.123 e. The van der Waals surface area contributed by atoms with Gasteiger partial charge in [-0.05, 0) is 24.6 Å². The van der Waals surface area contributed by atoms with E-state index in [1.165, 1.54) is 0 Å². The average molecular weight is 188 g/mol. The second-order valence-electron chi connectivity index (χ2n) is 3.30. The Morgan fingerprint density at radius 2 is 2.21 bits per heavy atom. The van der Waals surface area contributed by atoms with Crippen LogP contribution < -0.4 is 5.73 Å². The Balaban J connectivity index is 2.52. The summed E-state index contributed by atoms with van der Waals surface area (Å²) in [5.41, 5.74) is 8.62. The molecule has 2 heterocycles. The third-order valence-corrected chi connectivity index (χ3v) is 2.12. The van der Waals surface area contributed by atoms with E-state index >= 15 is 0 Å². The fourth-order valence-electron chi connectivity index (χ4n) is 1.40. The molecule has 0 amide bonds. The van der Waals surface area contributed by atoms with Crippen molar-refractivity contribution < 1.29 is 0 Å². The van der Waals surface area contributed by atoms with Crippen molar-refractivity contribution in [1.82, 2.24) is 14.8 Å². The fraction of sp³-hybridized carbons (Fsp3) is 0.200. The van der Waals surface area contributed by atoms with E-state index in [0.29, 0.717) is 5.82 Å². The van der Waals surface area contributed by atoms with Crippen LogP contribution in [-0.2, 0) is 7.05 Å². The maximum absolute atomic E-state index is 5.57. The minimum Gasteiger partial charge on any atom is -0.384 e. The van der Waals surface area contributed by atoms with Gasteiger partial charge in [0.25, 0.3) is 0 Å². The van der Waals surface area contributed by atoms with Crippen LogP contribution in [0.1, 0.15) is 5.56 Å². The molecule has 0 aliphatic rings. The maximum atomic E-state index is 5.57. The van der Waals surface area contributed by atoms with Crippen LogP contribution in [0.4, 0.5) is 5.82 Å². The summed E-state index contributed by atoms with van der Waals surface area (Å²) >= 11 is 0. The quantitative estimate of drug-likeness (QED) is 0.735. The topological polar surface area (TPSA) is 56.7 Å². The molecule has 72 valence electrons. The van der Waals surface area contributed by atoms with Crippen molar-refractivity contribution in [2.75, 3.05) is 5.73 Å². The first kappa shape index (κ1) is 8.74. The number of nitrogen functional groups attached to an aromatic ring is 1. The van der Waals surface area contributed by atoms with E-state index in [2.05, 4.69) is 10.1 Å². The van der Waals surface area contributed by atoms with E-state index in [-0.39, 0.29) is 0 Å². The van der Waals surface area contributed by atoms with Crippen molar-refractivity contribution in [2.45, 2.75) is 6.92 Å². The molecule has 14 heavy (non-hydrogen) atoms. The molecule has 2 aromatic rings. The number of hydrogen-bond acceptors (Lipinski definition) is 3. The summed E-state index contributed by atoms with van der Waals surface area (Å²) in [5.74, 6) is 0.544. The van der Waals surface area contributed by atoms with Crippen molar-refractivity contribution in [2.24, 2.45) is 7.05 Å². The molecular weight excluding hydrogens is 176 g/mol. The van der Waals surface area contributed by atoms with Crippen LogP contribution in [0, 0.1) is 6.92 Å². The smallest absolute Gasteiger partial charge is 0.123 e. The summed E-state index contributed by atoms with van der Waals surface area (Å²) in [6, 6.07) is 3.81. The largest absolute Gasteiger partial charge is 0.384 e. The van der Waals surface area contributed by atoms with Gasteiger partial charge < -0.3 is 5.73 Å². The number of nitrogens with zero attached hydrogens (tertiary/aromatic N) is 3. The zero-order valence-corrected chi connectivity index (χ0v) is 8.23. The van der Waals surface area contributed by atoms with E-state index < -0.39 is 0 Å². The third-order valence-electron chi connectivity index (χ3n) is 2.12. The third kappa shape index (κ3) is 1.46. The monoisotopic (exact) mass is 188 g/mol. The molecule has 0 aliphatic carbocycles. The van der Waals surface area contributed by atoms with Gasteiger partial charge in [0.05, 0.1) is 5.69 Å². The van der Waals surface area contributed by atoms with Crippen LogP contribution in [0.25, 0.3) is 11.3 Å². The average Bonchev–Trinajstić information content (AvgIpc) is 2.51. The van der Waals surface area contributed by atoms with Crippen LogP contribution in [0.15, 0.2) is 24.5 Å². The minimum absolute atomic E-state index is 0.544. The first-order valence-corrected chi connectivity index (χ1v) is 4.39. The Hall–Kier alpha value is -1.84. The summed E-state index contributed by atoms with van der Waals surface area (Å²) in [6.45, 7) is 2.00. The van der Waals surface area contributed by atoms with Crippen molar-refractivity contribution in [3.8, 4) is 11.3 Å². The van der Waals surface area contributed by atoms with Gasteiger partial charge in [-0.1, -0.05) is 0 Å². The number of aromatic nitrogens is 3. The van der Waals surface area contributed by atoms with Gasteiger partial charge in [0.2, 0.25) is 0 Å². The molecule has 0 aromatic carbocycles. The van der Waals surface area contributed by atoms with Crippen molar-refractivity contribution in [3.63, 3.8) is 0 Å². The highest BCUT2D eigenvalue weighted by atomic mass is 15.2. The van der Waals surface area contributed by atoms with Crippen molar-refractivity contribution >= 4 is 5.82 Å². The highest BCUT2D eigenvalue weighted by Gasteiger charge is 2.05. The molecule has 0 spiro atoms. The zero-order valence-electron chi connectivity index (χ0n) is 8.23. The van der Waals surface area contributed by atoms with Gasteiger partial charge in [-0.3, -0.25) is 4.68 Å². The molecule has 0 saturated heterocycles. The van der Waals surface area contributed by atoms with E-state index in [0.717, 1.165) is 16.8 Å². The van der Waals surface area contributed by atoms with E-state index in [4.69, 9.17) is 5.73 Å². The molecule has 0 atom stereocenters. The summed E-state index contributed by atoms with van der Waals surface area (Å²) < 4.78 is 1.77. The molecule has 2 N–H and O–H groups in total. The van der Waals surface area contributed by atoms with Gasteiger partial charge in [-0.15, -0.1) is 0 Å². The van der Waals surface area contributed by atoms with Crippen molar-refractivity contribution in [1.29, 1.82) is 0 Å². The molecule has 2 rings (SSSR count). The van der Waals surface area contributed by atoms with Crippen LogP contribution in [-0.4, -0.2) is 14.8 Å². The van der Waals surface area contributed by atoms with Gasteiger partial charge in [0.15, 0.2) is 0 Å². The number of hydrogen-bond donors (Lipinski definition) is 1. The molecule has 0 aliphatic heterocycles. The number of pyridine rings is 1. The van der Waals surface area contributed by atoms with E-state index in [9.17, 15) is 0 Å². The lowest BCUT2D eigenvalue weighted by molar-refractivity contribution is 0.770. The highest BCUT2D eigenvalue weighted by Crippen LogP contribution is 2.21. The van der Waals surface area contributed by atoms with Crippen LogP contribution in [0.3, 0.4) is 0 Å². The Kier molecular flexibility index (Phi) is 1.96. The Bertz CT molecular complexity index is 459. The Morgan fingerprint density at radius 1 is 1.43 bits per heavy atom. The lowest BCUT2D eigenvalue weighted by Gasteiger charge is -2.02. The van der Waals surface area contributed by atoms with Gasteiger partial charge >= 0.3 is 0 Å². The molecule has 4 nitrogen and oxygen atoms in total. The Labute approximate surface area is 82.4 Å². The van der Waals surface area contributed by atoms with Gasteiger partial charge in [0.1, 0.15) is 5.82 Å². The predicted molar refractivity (Wildman–Crippen MR) is 55.6 cm³/mol. The standard InChI is InChI=1S/C10H12N4/c1-7-5-10(11)12-6-8(7)9-3-4-14(2)13-9/h3-6H,1-2H3,(H2,11,12). The summed E-state index contributed by atoms with van der Waals surface area (Å²) in [5, 5.41) is 4.31. The number of aryl methyl sites for hydroxylation is 2. The van der Waals surface area contributed by atoms with E-state index in [1.54, 1.807) is 10.9 Å². The van der Waals surface area contributed by atoms with Crippen LogP contribution in [0.5, 0.6) is 0 Å². The molecular formula is C10H12N4. The lowest BCUT2D eigenvalue weighted by Crippen LogP contribution is -1.94. The SMILES string of the molecule is Cc1cc(N)ncc1-c1ccn(C)n1. The second kappa shape index (κ2) is 3.14. The van der Waals surface area contributed by atoms with Gasteiger partial charge in [-0.2, -0.15) is 5.10 Å². The summed E-state index contributed by atoms with van der Waals surface area (Å²) in [4.78, 5) is 4.05. The molecule has 0 unspecified atom stereocenters. The predicted octanol–water partition coefficient (Wildman–Crippen LogP) is 1.37. The van der Waals surface area contributed by atoms with E-state index in [1.807, 2.05) is 32.3 Å². The molecule has 0 bridgehead atoms. The highest BCUT2D eigenvalue weighted by molar-refractivity contribution is 5.63. The summed E-state index contributed by atoms with van der Waals surface area (Å²) in [7, 11) is 1.89. The van der Waals surface area contributed by atoms with Crippen LogP contribution >= 0.6 is 0 Å². The first-order valence-electron chi connectivity index (χ1n) is 4.39. The fourth-order valence-corrected chi connectivity index (χ4v) is 1.40. The molecule has 4 heteroatoms. The molecule has 0 fully saturated rings. The first-order chi connectivity index (χ1) is 6.66. The number of rotatable bonds is 1. The minimum atomic E-state index is 0.544. The zero-order chi connectivity index (χ0) is 10.1. The van der Waals surface area contributed by atoms with Gasteiger partial charge in [0, 0.05) is 25.0 Å². The van der Waals surface area contributed by atoms with Crippen LogP contribution in [0.2, 0.25) is 0 Å². The normalized spacial score (nSPS) is 10.4. The van der Waals surface area contributed by atoms with Crippen molar-refractivity contribution in [3.05, 3.63) is 30.1 Å². The molecule has 0 radical (unpaired) electrons. The number of nitrogens with two attached hydrogens (primary N) is 1. The van der Waals surface area contributed by atoms with Gasteiger partial charge in [-0.25, -0.2) is 4.98 Å². The second-order valence-corrected chi connectivity index (χ2v) is 3.30. The summed E-state index contributed by atoms with van der Waals surface area (Å²) in [6.07, 6.45) is 3.66. The lowest BCUT2D eigenvalue weighted by atomic mass is 10.1. The molecule has 0 saturated carbocycles. The number of anilines is 1.